The van der Waals surface area contributed by atoms with Gasteiger partial charge in [-0.25, -0.2) is 14.2 Å². The largest absolute Gasteiger partial charge is 0.405 e. The highest BCUT2D eigenvalue weighted by molar-refractivity contribution is 7.50. The molecule has 0 bridgehead atoms. The molecule has 2 atom stereocenters. The van der Waals surface area contributed by atoms with Crippen LogP contribution in [-0.2, 0) is 15.5 Å². The van der Waals surface area contributed by atoms with Gasteiger partial charge in [0.2, 0.25) is 0 Å². The minimum absolute atomic E-state index is 0.0560. The van der Waals surface area contributed by atoms with Crippen LogP contribution in [0.4, 0.5) is 5.82 Å². The maximum atomic E-state index is 12.1. The van der Waals surface area contributed by atoms with Gasteiger partial charge in [0.1, 0.15) is 5.82 Å². The number of pyridine rings is 1. The maximum Gasteiger partial charge on any atom is 0.405 e. The topological polar surface area (TPSA) is 65.9 Å². The normalized spacial score (nSPS) is 25.3. The van der Waals surface area contributed by atoms with E-state index < -0.39 is 7.75 Å². The molecule has 0 amide bonds. The Hall–Kier alpha value is -1.20. The van der Waals surface area contributed by atoms with Crippen molar-refractivity contribution in [1.82, 2.24) is 9.65 Å². The lowest BCUT2D eigenvalue weighted by atomic mass is 9.99. The Labute approximate surface area is 131 Å². The summed E-state index contributed by atoms with van der Waals surface area (Å²) in [5.74, 6) is 0.994. The summed E-state index contributed by atoms with van der Waals surface area (Å²) in [6.45, 7) is 5.86. The number of nitrogens with zero attached hydrogens (tertiary/aromatic N) is 3. The number of hydrogen-bond acceptors (Lipinski definition) is 4. The lowest BCUT2D eigenvalue weighted by Gasteiger charge is -2.42. The second-order valence-electron chi connectivity index (χ2n) is 5.92. The highest BCUT2D eigenvalue weighted by Crippen LogP contribution is 2.47. The molecule has 1 saturated heterocycles. The number of hydrogen-bond donors (Lipinski definition) is 1. The van der Waals surface area contributed by atoms with Crippen molar-refractivity contribution in [3.05, 3.63) is 35.0 Å². The highest BCUT2D eigenvalue weighted by atomic mass is 31.2. The molecule has 2 aliphatic heterocycles. The molecule has 120 valence electrons. The van der Waals surface area contributed by atoms with Gasteiger partial charge in [-0.15, -0.1) is 0 Å². The van der Waals surface area contributed by atoms with E-state index >= 15 is 0 Å². The summed E-state index contributed by atoms with van der Waals surface area (Å²) in [5.41, 5.74) is 3.77. The zero-order valence-corrected chi connectivity index (χ0v) is 14.1. The van der Waals surface area contributed by atoms with E-state index in [0.29, 0.717) is 19.6 Å². The molecule has 1 aromatic rings. The van der Waals surface area contributed by atoms with E-state index in [1.54, 1.807) is 4.67 Å². The summed E-state index contributed by atoms with van der Waals surface area (Å²) in [6, 6.07) is 4.13. The predicted molar refractivity (Wildman–Crippen MR) is 85.9 cm³/mol. The smallest absolute Gasteiger partial charge is 0.347 e. The van der Waals surface area contributed by atoms with Gasteiger partial charge in [0.15, 0.2) is 0 Å². The van der Waals surface area contributed by atoms with Crippen LogP contribution >= 0.6 is 7.75 Å². The van der Waals surface area contributed by atoms with Crippen molar-refractivity contribution in [3.63, 3.8) is 0 Å². The van der Waals surface area contributed by atoms with Gasteiger partial charge < -0.3 is 14.3 Å². The fourth-order valence-corrected chi connectivity index (χ4v) is 4.21. The molecule has 1 aromatic heterocycles. The van der Waals surface area contributed by atoms with Crippen LogP contribution in [0.5, 0.6) is 0 Å². The lowest BCUT2D eigenvalue weighted by Crippen LogP contribution is -2.53. The highest BCUT2D eigenvalue weighted by Gasteiger charge is 2.39. The van der Waals surface area contributed by atoms with E-state index in [4.69, 9.17) is 4.52 Å². The molecule has 7 heteroatoms. The van der Waals surface area contributed by atoms with Crippen LogP contribution in [0.1, 0.15) is 19.4 Å². The van der Waals surface area contributed by atoms with Crippen LogP contribution in [0.2, 0.25) is 0 Å². The van der Waals surface area contributed by atoms with Crippen molar-refractivity contribution in [2.75, 3.05) is 31.6 Å². The molecule has 0 aromatic carbocycles. The van der Waals surface area contributed by atoms with Crippen LogP contribution in [0, 0.1) is 0 Å². The Balaban J connectivity index is 1.99. The molecule has 6 nitrogen and oxygen atoms in total. The molecule has 2 unspecified atom stereocenters. The van der Waals surface area contributed by atoms with Gasteiger partial charge in [0.25, 0.3) is 0 Å². The number of aromatic nitrogens is 1. The molecule has 22 heavy (non-hydrogen) atoms. The van der Waals surface area contributed by atoms with Crippen LogP contribution in [0.15, 0.2) is 29.5 Å². The SMILES string of the molecule is COP(=O)(O)N1CCN2c3ncccc3CC(C)=C(C)C2C1. The average molecular weight is 323 g/mol. The lowest BCUT2D eigenvalue weighted by molar-refractivity contribution is 0.220. The Bertz CT molecular complexity index is 661. The number of anilines is 1. The summed E-state index contributed by atoms with van der Waals surface area (Å²) < 4.78 is 18.5. The van der Waals surface area contributed by atoms with Crippen molar-refractivity contribution in [2.45, 2.75) is 26.3 Å². The summed E-state index contributed by atoms with van der Waals surface area (Å²) in [4.78, 5) is 16.8. The predicted octanol–water partition coefficient (Wildman–Crippen LogP) is 2.21. The first-order valence-corrected chi connectivity index (χ1v) is 8.98. The van der Waals surface area contributed by atoms with Gasteiger partial charge in [0, 0.05) is 32.9 Å². The Morgan fingerprint density at radius 3 is 2.91 bits per heavy atom. The zero-order chi connectivity index (χ0) is 15.9. The van der Waals surface area contributed by atoms with E-state index in [-0.39, 0.29) is 6.04 Å². The molecular weight excluding hydrogens is 301 g/mol. The van der Waals surface area contributed by atoms with E-state index in [2.05, 4.69) is 29.8 Å². The monoisotopic (exact) mass is 323 g/mol. The molecule has 2 aliphatic rings. The van der Waals surface area contributed by atoms with E-state index in [1.165, 1.54) is 23.8 Å². The third-order valence-electron chi connectivity index (χ3n) is 4.72. The van der Waals surface area contributed by atoms with Gasteiger partial charge >= 0.3 is 7.75 Å². The first-order chi connectivity index (χ1) is 10.4. The van der Waals surface area contributed by atoms with Gasteiger partial charge in [-0.2, -0.15) is 0 Å². The van der Waals surface area contributed by atoms with Gasteiger partial charge in [-0.1, -0.05) is 17.2 Å². The van der Waals surface area contributed by atoms with Crippen LogP contribution in [-0.4, -0.2) is 47.3 Å². The molecule has 3 rings (SSSR count). The molecule has 0 saturated carbocycles. The molecule has 3 heterocycles. The summed E-state index contributed by atoms with van der Waals surface area (Å²) >= 11 is 0. The van der Waals surface area contributed by atoms with Crippen LogP contribution < -0.4 is 4.90 Å². The first-order valence-electron chi connectivity index (χ1n) is 7.45. The fraction of sp³-hybridized carbons (Fsp3) is 0.533. The maximum absolute atomic E-state index is 12.1. The van der Waals surface area contributed by atoms with Gasteiger partial charge in [-0.3, -0.25) is 0 Å². The number of allylic oxidation sites excluding steroid dienone is 1. The van der Waals surface area contributed by atoms with Crippen molar-refractivity contribution in [3.8, 4) is 0 Å². The van der Waals surface area contributed by atoms with Crippen molar-refractivity contribution in [2.24, 2.45) is 0 Å². The van der Waals surface area contributed by atoms with Crippen LogP contribution in [0.25, 0.3) is 0 Å². The second kappa shape index (κ2) is 5.78. The van der Waals surface area contributed by atoms with Crippen LogP contribution in [0.3, 0.4) is 0 Å². The van der Waals surface area contributed by atoms with E-state index in [1.807, 2.05) is 12.3 Å². The van der Waals surface area contributed by atoms with Gasteiger partial charge in [0.05, 0.1) is 6.04 Å². The Kier molecular flexibility index (Phi) is 4.12. The third-order valence-corrected chi connectivity index (χ3v) is 6.28. The molecule has 1 N–H and O–H groups in total. The number of rotatable bonds is 2. The average Bonchev–Trinajstić information content (AvgIpc) is 2.63. The summed E-state index contributed by atoms with van der Waals surface area (Å²) in [7, 11) is -2.41. The summed E-state index contributed by atoms with van der Waals surface area (Å²) in [6.07, 6.45) is 2.69. The Morgan fingerprint density at radius 2 is 2.18 bits per heavy atom. The van der Waals surface area contributed by atoms with Crippen molar-refractivity contribution >= 4 is 13.6 Å². The molecular formula is C15H22N3O3P. The third kappa shape index (κ3) is 2.61. The van der Waals surface area contributed by atoms with Crippen molar-refractivity contribution in [1.29, 1.82) is 0 Å². The zero-order valence-electron chi connectivity index (χ0n) is 13.2. The fourth-order valence-electron chi connectivity index (χ4n) is 3.27. The standard InChI is InChI=1S/C15H22N3O3P/c1-11-9-13-5-4-6-16-15(13)18-8-7-17(22(19,20)21-3)10-14(18)12(11)2/h4-6,14H,7-10H2,1-3H3,(H,19,20). The molecule has 1 fully saturated rings. The number of fused-ring (bicyclic) bond motifs is 3. The minimum Gasteiger partial charge on any atom is -0.347 e. The molecule has 0 radical (unpaired) electrons. The summed E-state index contributed by atoms with van der Waals surface area (Å²) in [5, 5.41) is 0. The second-order valence-corrected chi connectivity index (χ2v) is 7.83. The quantitative estimate of drug-likeness (QED) is 0.665. The van der Waals surface area contributed by atoms with Gasteiger partial charge in [-0.05, 0) is 31.9 Å². The number of piperazine rings is 1. The minimum atomic E-state index is -3.69. The van der Waals surface area contributed by atoms with E-state index in [0.717, 1.165) is 12.2 Å². The van der Waals surface area contributed by atoms with Crippen molar-refractivity contribution < 1.29 is 14.0 Å². The molecule has 0 spiro atoms. The first kappa shape index (κ1) is 15.7. The Morgan fingerprint density at radius 1 is 1.41 bits per heavy atom. The molecule has 0 aliphatic carbocycles. The van der Waals surface area contributed by atoms with E-state index in [9.17, 15) is 9.46 Å².